The zero-order chi connectivity index (χ0) is 17.5. The Balaban J connectivity index is 0.00000243. The van der Waals surface area contributed by atoms with Crippen molar-refractivity contribution in [1.82, 2.24) is 10.2 Å². The summed E-state index contributed by atoms with van der Waals surface area (Å²) in [4.78, 5) is 14.4. The van der Waals surface area contributed by atoms with Gasteiger partial charge in [0.25, 0.3) is 5.91 Å². The number of hydrogen-bond donors (Lipinski definition) is 1. The number of piperidine rings is 1. The third kappa shape index (κ3) is 6.11. The van der Waals surface area contributed by atoms with Crippen molar-refractivity contribution in [1.29, 1.82) is 0 Å². The van der Waals surface area contributed by atoms with Crippen molar-refractivity contribution < 1.29 is 9.18 Å². The second kappa shape index (κ2) is 10.3. The molecule has 1 amide bonds. The van der Waals surface area contributed by atoms with E-state index < -0.39 is 0 Å². The monoisotopic (exact) mass is 376 g/mol. The zero-order valence-electron chi connectivity index (χ0n) is 14.9. The SMILES string of the molecule is Cl.O=C(NCCN1CCC(Cc2ccccc2)CC1)c1ccc(F)cc1. The number of carbonyl (C=O) groups excluding carboxylic acids is 1. The molecule has 0 bridgehead atoms. The molecule has 2 aromatic carbocycles. The maximum absolute atomic E-state index is 12.9. The number of halogens is 2. The fourth-order valence-corrected chi connectivity index (χ4v) is 3.39. The van der Waals surface area contributed by atoms with Crippen LogP contribution in [0.4, 0.5) is 4.39 Å². The first kappa shape index (κ1) is 20.4. The summed E-state index contributed by atoms with van der Waals surface area (Å²) in [5, 5.41) is 2.91. The fraction of sp³-hybridized carbons (Fsp3) is 0.381. The van der Waals surface area contributed by atoms with Crippen molar-refractivity contribution in [3.05, 3.63) is 71.5 Å². The van der Waals surface area contributed by atoms with Crippen molar-refractivity contribution >= 4 is 18.3 Å². The van der Waals surface area contributed by atoms with E-state index in [0.717, 1.165) is 32.0 Å². The molecule has 0 aliphatic carbocycles. The number of likely N-dealkylation sites (tertiary alicyclic amines) is 1. The lowest BCUT2D eigenvalue weighted by Gasteiger charge is -2.32. The van der Waals surface area contributed by atoms with Gasteiger partial charge >= 0.3 is 0 Å². The van der Waals surface area contributed by atoms with Crippen LogP contribution in [0.2, 0.25) is 0 Å². The molecule has 0 aromatic heterocycles. The Hall–Kier alpha value is -1.91. The highest BCUT2D eigenvalue weighted by atomic mass is 35.5. The van der Waals surface area contributed by atoms with Gasteiger partial charge in [0.1, 0.15) is 5.82 Å². The maximum atomic E-state index is 12.9. The number of nitrogens with zero attached hydrogens (tertiary/aromatic N) is 1. The van der Waals surface area contributed by atoms with Gasteiger partial charge in [-0.05, 0) is 68.1 Å². The molecule has 1 aliphatic rings. The van der Waals surface area contributed by atoms with Gasteiger partial charge in [0, 0.05) is 18.7 Å². The highest BCUT2D eigenvalue weighted by Gasteiger charge is 2.19. The molecular weight excluding hydrogens is 351 g/mol. The molecule has 5 heteroatoms. The van der Waals surface area contributed by atoms with E-state index in [1.165, 1.54) is 42.7 Å². The predicted octanol–water partition coefficient (Wildman–Crippen LogP) is 3.93. The standard InChI is InChI=1S/C21H25FN2O.ClH/c22-20-8-6-19(7-9-20)21(25)23-12-15-24-13-10-18(11-14-24)16-17-4-2-1-3-5-17;/h1-9,18H,10-16H2,(H,23,25);1H. The van der Waals surface area contributed by atoms with E-state index in [1.54, 1.807) is 0 Å². The minimum absolute atomic E-state index is 0. The average molecular weight is 377 g/mol. The van der Waals surface area contributed by atoms with E-state index in [9.17, 15) is 9.18 Å². The molecule has 1 saturated heterocycles. The molecule has 26 heavy (non-hydrogen) atoms. The van der Waals surface area contributed by atoms with Gasteiger partial charge in [-0.3, -0.25) is 4.79 Å². The minimum atomic E-state index is -0.324. The van der Waals surface area contributed by atoms with Crippen molar-refractivity contribution in [3.8, 4) is 0 Å². The Kier molecular flexibility index (Phi) is 8.07. The van der Waals surface area contributed by atoms with Crippen LogP contribution in [0.15, 0.2) is 54.6 Å². The van der Waals surface area contributed by atoms with Crippen LogP contribution in [0.5, 0.6) is 0 Å². The first-order chi connectivity index (χ1) is 12.2. The van der Waals surface area contributed by atoms with Crippen LogP contribution in [0.3, 0.4) is 0 Å². The van der Waals surface area contributed by atoms with E-state index in [2.05, 4.69) is 40.5 Å². The van der Waals surface area contributed by atoms with E-state index in [4.69, 9.17) is 0 Å². The summed E-state index contributed by atoms with van der Waals surface area (Å²) < 4.78 is 12.9. The lowest BCUT2D eigenvalue weighted by Crippen LogP contribution is -2.39. The third-order valence-electron chi connectivity index (χ3n) is 4.89. The van der Waals surface area contributed by atoms with Crippen LogP contribution in [0.25, 0.3) is 0 Å². The number of hydrogen-bond acceptors (Lipinski definition) is 2. The number of rotatable bonds is 6. The van der Waals surface area contributed by atoms with E-state index >= 15 is 0 Å². The van der Waals surface area contributed by atoms with Crippen LogP contribution >= 0.6 is 12.4 Å². The molecule has 1 heterocycles. The number of nitrogens with one attached hydrogen (secondary N) is 1. The van der Waals surface area contributed by atoms with E-state index in [-0.39, 0.29) is 24.1 Å². The van der Waals surface area contributed by atoms with Crippen molar-refractivity contribution in [3.63, 3.8) is 0 Å². The quantitative estimate of drug-likeness (QED) is 0.828. The van der Waals surface area contributed by atoms with Crippen molar-refractivity contribution in [2.45, 2.75) is 19.3 Å². The fourth-order valence-electron chi connectivity index (χ4n) is 3.39. The zero-order valence-corrected chi connectivity index (χ0v) is 15.7. The molecule has 0 atom stereocenters. The molecule has 3 rings (SSSR count). The molecule has 0 spiro atoms. The van der Waals surface area contributed by atoms with Crippen LogP contribution in [0.1, 0.15) is 28.8 Å². The van der Waals surface area contributed by atoms with E-state index in [1.807, 2.05) is 0 Å². The normalized spacial score (nSPS) is 15.3. The van der Waals surface area contributed by atoms with Gasteiger partial charge < -0.3 is 10.2 Å². The Morgan fingerprint density at radius 2 is 1.69 bits per heavy atom. The Bertz CT molecular complexity index is 670. The lowest BCUT2D eigenvalue weighted by molar-refractivity contribution is 0.0944. The topological polar surface area (TPSA) is 32.3 Å². The highest BCUT2D eigenvalue weighted by Crippen LogP contribution is 2.21. The van der Waals surface area contributed by atoms with Gasteiger partial charge in [-0.15, -0.1) is 12.4 Å². The molecule has 1 fully saturated rings. The Morgan fingerprint density at radius 1 is 1.04 bits per heavy atom. The highest BCUT2D eigenvalue weighted by molar-refractivity contribution is 5.94. The second-order valence-corrected chi connectivity index (χ2v) is 6.74. The molecule has 1 N–H and O–H groups in total. The summed E-state index contributed by atoms with van der Waals surface area (Å²) in [5.41, 5.74) is 1.93. The van der Waals surface area contributed by atoms with Gasteiger partial charge in [0.05, 0.1) is 0 Å². The molecule has 3 nitrogen and oxygen atoms in total. The predicted molar refractivity (Wildman–Crippen MR) is 105 cm³/mol. The first-order valence-corrected chi connectivity index (χ1v) is 9.01. The number of benzene rings is 2. The summed E-state index contributed by atoms with van der Waals surface area (Å²) in [6, 6.07) is 16.3. The van der Waals surface area contributed by atoms with E-state index in [0.29, 0.717) is 12.1 Å². The van der Waals surface area contributed by atoms with Crippen LogP contribution in [-0.2, 0) is 6.42 Å². The number of amides is 1. The number of carbonyl (C=O) groups is 1. The molecule has 0 radical (unpaired) electrons. The van der Waals surface area contributed by atoms with Crippen molar-refractivity contribution in [2.24, 2.45) is 5.92 Å². The lowest BCUT2D eigenvalue weighted by atomic mass is 9.90. The summed E-state index contributed by atoms with van der Waals surface area (Å²) in [6.07, 6.45) is 3.58. The molecule has 140 valence electrons. The Morgan fingerprint density at radius 3 is 2.35 bits per heavy atom. The second-order valence-electron chi connectivity index (χ2n) is 6.74. The summed E-state index contributed by atoms with van der Waals surface area (Å²) in [6.45, 7) is 3.67. The smallest absolute Gasteiger partial charge is 0.251 e. The van der Waals surface area contributed by atoms with Gasteiger partial charge in [0.15, 0.2) is 0 Å². The van der Waals surface area contributed by atoms with Gasteiger partial charge in [-0.1, -0.05) is 30.3 Å². The molecule has 2 aromatic rings. The van der Waals surface area contributed by atoms with Gasteiger partial charge in [0.2, 0.25) is 0 Å². The Labute approximate surface area is 161 Å². The first-order valence-electron chi connectivity index (χ1n) is 9.01. The maximum Gasteiger partial charge on any atom is 0.251 e. The molecule has 0 unspecified atom stereocenters. The van der Waals surface area contributed by atoms with Gasteiger partial charge in [-0.25, -0.2) is 4.39 Å². The largest absolute Gasteiger partial charge is 0.351 e. The summed E-state index contributed by atoms with van der Waals surface area (Å²) in [5.74, 6) is 0.293. The van der Waals surface area contributed by atoms with Gasteiger partial charge in [-0.2, -0.15) is 0 Å². The average Bonchev–Trinajstić information content (AvgIpc) is 2.64. The van der Waals surface area contributed by atoms with Crippen LogP contribution in [-0.4, -0.2) is 37.0 Å². The molecule has 1 aliphatic heterocycles. The summed E-state index contributed by atoms with van der Waals surface area (Å²) >= 11 is 0. The van der Waals surface area contributed by atoms with Crippen LogP contribution < -0.4 is 5.32 Å². The molecular formula is C21H26ClFN2O. The van der Waals surface area contributed by atoms with Crippen molar-refractivity contribution in [2.75, 3.05) is 26.2 Å². The molecule has 0 saturated carbocycles. The third-order valence-corrected chi connectivity index (χ3v) is 4.89. The van der Waals surface area contributed by atoms with Crippen LogP contribution in [0, 0.1) is 11.7 Å². The summed E-state index contributed by atoms with van der Waals surface area (Å²) in [7, 11) is 0. The minimum Gasteiger partial charge on any atom is -0.351 e.